The van der Waals surface area contributed by atoms with Gasteiger partial charge in [0.2, 0.25) is 5.91 Å². The van der Waals surface area contributed by atoms with Gasteiger partial charge in [0.25, 0.3) is 0 Å². The Hall–Kier alpha value is -2.06. The average molecular weight is 486 g/mol. The van der Waals surface area contributed by atoms with Crippen LogP contribution in [0.3, 0.4) is 0 Å². The molecule has 4 nitrogen and oxygen atoms in total. The van der Waals surface area contributed by atoms with Crippen molar-refractivity contribution in [2.75, 3.05) is 5.32 Å². The van der Waals surface area contributed by atoms with Crippen LogP contribution in [0.4, 0.5) is 14.5 Å². The van der Waals surface area contributed by atoms with Gasteiger partial charge in [-0.1, -0.05) is 15.9 Å². The average Bonchev–Trinajstić information content (AvgIpc) is 3.04. The Morgan fingerprint density at radius 1 is 1.15 bits per heavy atom. The first-order chi connectivity index (χ1) is 12.4. The monoisotopic (exact) mass is 484 g/mol. The molecule has 1 amide bonds. The second-order valence-corrected chi connectivity index (χ2v) is 7.18. The molecule has 134 valence electrons. The summed E-state index contributed by atoms with van der Waals surface area (Å²) in [6.45, 7) is 0. The summed E-state index contributed by atoms with van der Waals surface area (Å²) in [6.07, 6.45) is 1.76. The molecule has 3 rings (SSSR count). The molecule has 8 heteroatoms. The number of nitrogens with zero attached hydrogens (tertiary/aromatic N) is 1. The van der Waals surface area contributed by atoms with Crippen LogP contribution < -0.4 is 5.32 Å². The van der Waals surface area contributed by atoms with Crippen LogP contribution in [0.25, 0.3) is 11.3 Å². The summed E-state index contributed by atoms with van der Waals surface area (Å²) in [6, 6.07) is 8.62. The van der Waals surface area contributed by atoms with E-state index in [2.05, 4.69) is 42.2 Å². The predicted molar refractivity (Wildman–Crippen MR) is 101 cm³/mol. The van der Waals surface area contributed by atoms with Crippen LogP contribution in [0.15, 0.2) is 56.0 Å². The van der Waals surface area contributed by atoms with Gasteiger partial charge in [-0.2, -0.15) is 0 Å². The number of amides is 1. The zero-order chi connectivity index (χ0) is 18.7. The van der Waals surface area contributed by atoms with Crippen LogP contribution in [0, 0.1) is 11.6 Å². The second-order valence-electron chi connectivity index (χ2n) is 5.41. The van der Waals surface area contributed by atoms with Crippen molar-refractivity contribution in [2.24, 2.45) is 0 Å². The number of hydrogen-bond donors (Lipinski definition) is 1. The van der Waals surface area contributed by atoms with Crippen LogP contribution in [0.2, 0.25) is 0 Å². The van der Waals surface area contributed by atoms with E-state index >= 15 is 0 Å². The second kappa shape index (κ2) is 8.09. The zero-order valence-electron chi connectivity index (χ0n) is 13.2. The fourth-order valence-corrected chi connectivity index (χ4v) is 3.41. The van der Waals surface area contributed by atoms with Gasteiger partial charge in [0.15, 0.2) is 11.7 Å². The van der Waals surface area contributed by atoms with Crippen LogP contribution >= 0.6 is 31.9 Å². The first kappa shape index (κ1) is 18.7. The van der Waals surface area contributed by atoms with E-state index in [1.54, 1.807) is 6.07 Å². The van der Waals surface area contributed by atoms with Gasteiger partial charge in [-0.05, 0) is 46.3 Å². The van der Waals surface area contributed by atoms with E-state index in [4.69, 9.17) is 4.42 Å². The van der Waals surface area contributed by atoms with Crippen molar-refractivity contribution in [3.8, 4) is 11.3 Å². The van der Waals surface area contributed by atoms with E-state index in [1.807, 2.05) is 12.1 Å². The van der Waals surface area contributed by atoms with E-state index in [0.29, 0.717) is 11.6 Å². The lowest BCUT2D eigenvalue weighted by molar-refractivity contribution is -0.116. The number of hydrogen-bond acceptors (Lipinski definition) is 3. The van der Waals surface area contributed by atoms with Crippen LogP contribution in [-0.4, -0.2) is 10.9 Å². The third-order valence-corrected chi connectivity index (χ3v) is 4.67. The lowest BCUT2D eigenvalue weighted by atomic mass is 10.2. The van der Waals surface area contributed by atoms with Gasteiger partial charge >= 0.3 is 0 Å². The van der Waals surface area contributed by atoms with Gasteiger partial charge in [0.05, 0.1) is 17.4 Å². The minimum Gasteiger partial charge on any atom is -0.441 e. The molecular weight excluding hydrogens is 474 g/mol. The third-order valence-electron chi connectivity index (χ3n) is 3.52. The normalized spacial score (nSPS) is 10.8. The zero-order valence-corrected chi connectivity index (χ0v) is 16.4. The van der Waals surface area contributed by atoms with Gasteiger partial charge in [-0.3, -0.25) is 4.79 Å². The highest BCUT2D eigenvalue weighted by atomic mass is 79.9. The van der Waals surface area contributed by atoms with Crippen molar-refractivity contribution in [1.82, 2.24) is 4.98 Å². The van der Waals surface area contributed by atoms with Crippen molar-refractivity contribution in [2.45, 2.75) is 12.8 Å². The molecule has 0 saturated heterocycles. The fraction of sp³-hybridized carbons (Fsp3) is 0.111. The number of carbonyl (C=O) groups excluding carboxylic acids is 1. The molecule has 0 unspecified atom stereocenters. The molecule has 0 bridgehead atoms. The quantitative estimate of drug-likeness (QED) is 0.503. The summed E-state index contributed by atoms with van der Waals surface area (Å²) in [5.74, 6) is -1.12. The summed E-state index contributed by atoms with van der Waals surface area (Å²) >= 11 is 6.72. The van der Waals surface area contributed by atoms with Crippen molar-refractivity contribution in [3.05, 3.63) is 69.1 Å². The van der Waals surface area contributed by atoms with Gasteiger partial charge in [-0.25, -0.2) is 13.8 Å². The van der Waals surface area contributed by atoms with E-state index in [9.17, 15) is 13.6 Å². The van der Waals surface area contributed by atoms with Gasteiger partial charge in [0, 0.05) is 27.9 Å². The number of carbonyl (C=O) groups is 1. The van der Waals surface area contributed by atoms with Crippen LogP contribution in [-0.2, 0) is 11.2 Å². The highest BCUT2D eigenvalue weighted by Gasteiger charge is 2.13. The number of oxazole rings is 1. The molecule has 0 aliphatic carbocycles. The number of nitrogens with one attached hydrogen (secondary N) is 1. The lowest BCUT2D eigenvalue weighted by Crippen LogP contribution is -2.12. The number of anilines is 1. The molecule has 0 fully saturated rings. The third kappa shape index (κ3) is 4.56. The standard InChI is InChI=1S/C18H12Br2F2N2O2/c19-10-1-4-15(13(20)7-10)24-17(25)5-6-18-23-9-16(26-18)12-3-2-11(21)8-14(12)22/h1-4,7-9H,5-6H2,(H,24,25). The highest BCUT2D eigenvalue weighted by molar-refractivity contribution is 9.11. The topological polar surface area (TPSA) is 55.1 Å². The minimum atomic E-state index is -0.731. The Balaban J connectivity index is 1.61. The molecule has 26 heavy (non-hydrogen) atoms. The number of halogens is 4. The molecule has 0 aliphatic rings. The maximum Gasteiger partial charge on any atom is 0.224 e. The Morgan fingerprint density at radius 3 is 2.69 bits per heavy atom. The Kier molecular flexibility index (Phi) is 5.83. The van der Waals surface area contributed by atoms with Crippen molar-refractivity contribution in [1.29, 1.82) is 0 Å². The Labute approximate surface area is 164 Å². The molecule has 1 aromatic heterocycles. The number of benzene rings is 2. The molecule has 0 radical (unpaired) electrons. The first-order valence-electron chi connectivity index (χ1n) is 7.57. The minimum absolute atomic E-state index is 0.119. The number of aryl methyl sites for hydroxylation is 1. The van der Waals surface area contributed by atoms with Gasteiger partial charge in [0.1, 0.15) is 11.6 Å². The summed E-state index contributed by atoms with van der Waals surface area (Å²) in [4.78, 5) is 16.1. The molecule has 3 aromatic rings. The first-order valence-corrected chi connectivity index (χ1v) is 9.16. The largest absolute Gasteiger partial charge is 0.441 e. The molecule has 2 aromatic carbocycles. The van der Waals surface area contributed by atoms with Crippen LogP contribution in [0.5, 0.6) is 0 Å². The summed E-state index contributed by atoms with van der Waals surface area (Å²) < 4.78 is 33.8. The molecule has 0 aliphatic heterocycles. The van der Waals surface area contributed by atoms with E-state index in [1.165, 1.54) is 12.3 Å². The van der Waals surface area contributed by atoms with Crippen molar-refractivity contribution < 1.29 is 18.0 Å². The molecule has 0 atom stereocenters. The maximum absolute atomic E-state index is 13.8. The lowest BCUT2D eigenvalue weighted by Gasteiger charge is -2.07. The van der Waals surface area contributed by atoms with Crippen molar-refractivity contribution in [3.63, 3.8) is 0 Å². The number of rotatable bonds is 5. The molecular formula is C18H12Br2F2N2O2. The summed E-state index contributed by atoms with van der Waals surface area (Å²) in [7, 11) is 0. The fourth-order valence-electron chi connectivity index (χ4n) is 2.26. The van der Waals surface area contributed by atoms with Crippen LogP contribution in [0.1, 0.15) is 12.3 Å². The summed E-state index contributed by atoms with van der Waals surface area (Å²) in [5, 5.41) is 2.78. The molecule has 0 spiro atoms. The van der Waals surface area contributed by atoms with E-state index in [0.717, 1.165) is 21.1 Å². The van der Waals surface area contributed by atoms with Gasteiger partial charge < -0.3 is 9.73 Å². The molecule has 1 N–H and O–H groups in total. The predicted octanol–water partition coefficient (Wildman–Crippen LogP) is 5.72. The smallest absolute Gasteiger partial charge is 0.224 e. The Bertz CT molecular complexity index is 960. The van der Waals surface area contributed by atoms with E-state index in [-0.39, 0.29) is 30.1 Å². The molecule has 1 heterocycles. The maximum atomic E-state index is 13.8. The van der Waals surface area contributed by atoms with E-state index < -0.39 is 11.6 Å². The van der Waals surface area contributed by atoms with Crippen molar-refractivity contribution >= 4 is 43.5 Å². The SMILES string of the molecule is O=C(CCc1ncc(-c2ccc(F)cc2F)o1)Nc1ccc(Br)cc1Br. The Morgan fingerprint density at radius 2 is 1.96 bits per heavy atom. The summed E-state index contributed by atoms with van der Waals surface area (Å²) in [5.41, 5.74) is 0.771. The van der Waals surface area contributed by atoms with Gasteiger partial charge in [-0.15, -0.1) is 0 Å². The highest BCUT2D eigenvalue weighted by Crippen LogP contribution is 2.27. The number of aromatic nitrogens is 1. The molecule has 0 saturated carbocycles.